The van der Waals surface area contributed by atoms with E-state index in [0.29, 0.717) is 6.42 Å². The average Bonchev–Trinajstić information content (AvgIpc) is 2.63. The third kappa shape index (κ3) is 5.47. The highest BCUT2D eigenvalue weighted by molar-refractivity contribution is 5.78. The van der Waals surface area contributed by atoms with Crippen molar-refractivity contribution in [3.05, 3.63) is 36.0 Å². The Balaban J connectivity index is 0.000000171. The van der Waals surface area contributed by atoms with Crippen molar-refractivity contribution >= 4 is 5.91 Å². The third-order valence-electron chi connectivity index (χ3n) is 2.54. The SMILES string of the molecule is O=C1CCC(CO)N1.OCC1=CC=CCC=C1. The fraction of sp³-hybridized carbons (Fsp3) is 0.462. The van der Waals surface area contributed by atoms with Crippen molar-refractivity contribution in [3.63, 3.8) is 0 Å². The van der Waals surface area contributed by atoms with Gasteiger partial charge in [0.1, 0.15) is 0 Å². The first-order valence-electron chi connectivity index (χ1n) is 5.79. The zero-order valence-corrected chi connectivity index (χ0v) is 9.80. The molecule has 1 aliphatic heterocycles. The quantitative estimate of drug-likeness (QED) is 0.661. The predicted molar refractivity (Wildman–Crippen MR) is 66.3 cm³/mol. The van der Waals surface area contributed by atoms with Gasteiger partial charge in [-0.25, -0.2) is 0 Å². The maximum Gasteiger partial charge on any atom is 0.220 e. The predicted octanol–water partition coefficient (Wildman–Crippen LogP) is 0.678. The second-order valence-electron chi connectivity index (χ2n) is 3.95. The van der Waals surface area contributed by atoms with Crippen LogP contribution < -0.4 is 5.32 Å². The van der Waals surface area contributed by atoms with Gasteiger partial charge in [0.05, 0.1) is 19.3 Å². The molecule has 4 nitrogen and oxygen atoms in total. The van der Waals surface area contributed by atoms with E-state index in [2.05, 4.69) is 11.4 Å². The number of amides is 1. The molecule has 1 unspecified atom stereocenters. The average molecular weight is 237 g/mol. The first-order valence-corrected chi connectivity index (χ1v) is 5.79. The summed E-state index contributed by atoms with van der Waals surface area (Å²) in [6.45, 7) is 0.215. The van der Waals surface area contributed by atoms with E-state index in [1.807, 2.05) is 24.3 Å². The molecule has 17 heavy (non-hydrogen) atoms. The number of rotatable bonds is 2. The van der Waals surface area contributed by atoms with E-state index in [1.54, 1.807) is 0 Å². The summed E-state index contributed by atoms with van der Waals surface area (Å²) >= 11 is 0. The van der Waals surface area contributed by atoms with Gasteiger partial charge in [0.2, 0.25) is 5.91 Å². The van der Waals surface area contributed by atoms with Gasteiger partial charge >= 0.3 is 0 Å². The molecule has 2 rings (SSSR count). The summed E-state index contributed by atoms with van der Waals surface area (Å²) < 4.78 is 0. The Kier molecular flexibility index (Phi) is 6.29. The van der Waals surface area contributed by atoms with Crippen LogP contribution in [0, 0.1) is 0 Å². The summed E-state index contributed by atoms with van der Waals surface area (Å²) in [5.74, 6) is 0.0593. The van der Waals surface area contributed by atoms with Crippen LogP contribution in [0.1, 0.15) is 19.3 Å². The molecule has 1 amide bonds. The van der Waals surface area contributed by atoms with Crippen LogP contribution in [-0.4, -0.2) is 35.4 Å². The van der Waals surface area contributed by atoms with Gasteiger partial charge < -0.3 is 15.5 Å². The zero-order valence-electron chi connectivity index (χ0n) is 9.80. The fourth-order valence-corrected chi connectivity index (χ4v) is 1.54. The van der Waals surface area contributed by atoms with E-state index in [1.165, 1.54) is 0 Å². The largest absolute Gasteiger partial charge is 0.394 e. The van der Waals surface area contributed by atoms with Crippen molar-refractivity contribution in [1.29, 1.82) is 0 Å². The minimum absolute atomic E-state index is 0.0301. The van der Waals surface area contributed by atoms with Crippen molar-refractivity contribution < 1.29 is 15.0 Å². The molecule has 1 heterocycles. The molecule has 2 aliphatic rings. The Labute approximate surface area is 101 Å². The van der Waals surface area contributed by atoms with Crippen LogP contribution in [0.5, 0.6) is 0 Å². The molecule has 0 aromatic carbocycles. The van der Waals surface area contributed by atoms with Gasteiger partial charge in [-0.15, -0.1) is 0 Å². The summed E-state index contributed by atoms with van der Waals surface area (Å²) in [6, 6.07) is 0.0301. The summed E-state index contributed by atoms with van der Waals surface area (Å²) in [4.78, 5) is 10.4. The highest BCUT2D eigenvalue weighted by Crippen LogP contribution is 2.04. The number of nitrogens with one attached hydrogen (secondary N) is 1. The maximum atomic E-state index is 10.4. The van der Waals surface area contributed by atoms with E-state index in [-0.39, 0.29) is 25.2 Å². The molecule has 1 aliphatic carbocycles. The van der Waals surface area contributed by atoms with Gasteiger partial charge in [-0.2, -0.15) is 0 Å². The van der Waals surface area contributed by atoms with Crippen LogP contribution in [0.3, 0.4) is 0 Å². The number of allylic oxidation sites excluding steroid dienone is 4. The Morgan fingerprint density at radius 3 is 2.71 bits per heavy atom. The molecule has 3 N–H and O–H groups in total. The van der Waals surface area contributed by atoms with E-state index < -0.39 is 0 Å². The number of carbonyl (C=O) groups is 1. The van der Waals surface area contributed by atoms with Gasteiger partial charge in [-0.1, -0.05) is 30.4 Å². The smallest absolute Gasteiger partial charge is 0.220 e. The lowest BCUT2D eigenvalue weighted by Gasteiger charge is -2.01. The summed E-state index contributed by atoms with van der Waals surface area (Å²) in [7, 11) is 0. The minimum atomic E-state index is 0.0301. The lowest BCUT2D eigenvalue weighted by Crippen LogP contribution is -2.28. The molecule has 0 bridgehead atoms. The number of hydrogen-bond acceptors (Lipinski definition) is 3. The molecule has 0 saturated carbocycles. The molecule has 1 atom stereocenters. The third-order valence-corrected chi connectivity index (χ3v) is 2.54. The summed E-state index contributed by atoms with van der Waals surface area (Å²) in [5, 5.41) is 19.7. The molecule has 1 fully saturated rings. The second-order valence-corrected chi connectivity index (χ2v) is 3.95. The molecular weight excluding hydrogens is 218 g/mol. The fourth-order valence-electron chi connectivity index (χ4n) is 1.54. The molecule has 0 aromatic heterocycles. The van der Waals surface area contributed by atoms with Crippen LogP contribution in [0.15, 0.2) is 36.0 Å². The summed E-state index contributed by atoms with van der Waals surface area (Å²) in [6.07, 6.45) is 12.3. The molecule has 1 saturated heterocycles. The first-order chi connectivity index (χ1) is 8.26. The van der Waals surface area contributed by atoms with Crippen LogP contribution in [0.25, 0.3) is 0 Å². The van der Waals surface area contributed by atoms with Gasteiger partial charge in [0, 0.05) is 6.42 Å². The monoisotopic (exact) mass is 237 g/mol. The van der Waals surface area contributed by atoms with Crippen molar-refractivity contribution in [3.8, 4) is 0 Å². The zero-order chi connectivity index (χ0) is 12.5. The van der Waals surface area contributed by atoms with E-state index in [4.69, 9.17) is 10.2 Å². The van der Waals surface area contributed by atoms with E-state index in [0.717, 1.165) is 18.4 Å². The van der Waals surface area contributed by atoms with Gasteiger partial charge in [0.25, 0.3) is 0 Å². The van der Waals surface area contributed by atoms with Crippen LogP contribution in [0.2, 0.25) is 0 Å². The number of aliphatic hydroxyl groups excluding tert-OH is 2. The van der Waals surface area contributed by atoms with Crippen molar-refractivity contribution in [2.24, 2.45) is 0 Å². The number of aliphatic hydroxyl groups is 2. The first kappa shape index (κ1) is 13.7. The van der Waals surface area contributed by atoms with Crippen molar-refractivity contribution in [2.75, 3.05) is 13.2 Å². The molecule has 0 aromatic rings. The van der Waals surface area contributed by atoms with Crippen LogP contribution >= 0.6 is 0 Å². The van der Waals surface area contributed by atoms with E-state index >= 15 is 0 Å². The van der Waals surface area contributed by atoms with Crippen LogP contribution in [0.4, 0.5) is 0 Å². The van der Waals surface area contributed by atoms with Gasteiger partial charge in [-0.3, -0.25) is 4.79 Å². The Morgan fingerprint density at radius 2 is 2.18 bits per heavy atom. The summed E-state index contributed by atoms with van der Waals surface area (Å²) in [5.41, 5.74) is 0.976. The molecule has 0 spiro atoms. The van der Waals surface area contributed by atoms with Crippen LogP contribution in [-0.2, 0) is 4.79 Å². The lowest BCUT2D eigenvalue weighted by molar-refractivity contribution is -0.119. The topological polar surface area (TPSA) is 69.6 Å². The molecule has 94 valence electrons. The van der Waals surface area contributed by atoms with E-state index in [9.17, 15) is 4.79 Å². The number of carbonyl (C=O) groups excluding carboxylic acids is 1. The maximum absolute atomic E-state index is 10.4. The van der Waals surface area contributed by atoms with Gasteiger partial charge in [-0.05, 0) is 18.4 Å². The van der Waals surface area contributed by atoms with Crippen molar-refractivity contribution in [2.45, 2.75) is 25.3 Å². The van der Waals surface area contributed by atoms with Crippen molar-refractivity contribution in [1.82, 2.24) is 5.32 Å². The Morgan fingerprint density at radius 1 is 1.35 bits per heavy atom. The normalized spacial score (nSPS) is 22.4. The molecule has 0 radical (unpaired) electrons. The molecular formula is C13H19NO3. The standard InChI is InChI=1S/C8H10O.C5H9NO2/c9-7-8-5-3-1-2-4-6-8;7-3-4-1-2-5(8)6-4/h1,3-6,9H,2,7H2;4,7H,1-3H2,(H,6,8). The Hall–Kier alpha value is -1.39. The lowest BCUT2D eigenvalue weighted by atomic mass is 10.2. The Bertz CT molecular complexity index is 332. The highest BCUT2D eigenvalue weighted by atomic mass is 16.3. The van der Waals surface area contributed by atoms with Gasteiger partial charge in [0.15, 0.2) is 0 Å². The number of hydrogen-bond donors (Lipinski definition) is 3. The second kappa shape index (κ2) is 7.81. The molecule has 4 heteroatoms. The highest BCUT2D eigenvalue weighted by Gasteiger charge is 2.18. The minimum Gasteiger partial charge on any atom is -0.394 e.